The molecule has 0 fully saturated rings. The molecule has 1 amide bonds. The molecule has 0 bridgehead atoms. The van der Waals surface area contributed by atoms with Gasteiger partial charge in [-0.1, -0.05) is 22.0 Å². The normalized spacial score (nSPS) is 11.0. The lowest BCUT2D eigenvalue weighted by Crippen LogP contribution is -2.23. The summed E-state index contributed by atoms with van der Waals surface area (Å²) in [5.74, 6) is 0.0989. The minimum Gasteiger partial charge on any atom is -0.478 e. The molecule has 156 valence electrons. The van der Waals surface area contributed by atoms with Crippen molar-refractivity contribution in [1.29, 1.82) is 0 Å². The Morgan fingerprint density at radius 3 is 2.60 bits per heavy atom. The molecule has 0 saturated carbocycles. The second kappa shape index (κ2) is 9.73. The molecule has 0 unspecified atom stereocenters. The molecule has 0 atom stereocenters. The van der Waals surface area contributed by atoms with Gasteiger partial charge in [0.15, 0.2) is 0 Å². The van der Waals surface area contributed by atoms with E-state index in [1.807, 2.05) is 6.92 Å². The Hall–Kier alpha value is -2.91. The van der Waals surface area contributed by atoms with E-state index in [1.165, 1.54) is 18.2 Å². The second-order valence-corrected chi connectivity index (χ2v) is 8.86. The van der Waals surface area contributed by atoms with Gasteiger partial charge in [0.2, 0.25) is 5.88 Å². The van der Waals surface area contributed by atoms with Gasteiger partial charge in [-0.15, -0.1) is 0 Å². The zero-order valence-corrected chi connectivity index (χ0v) is 18.5. The summed E-state index contributed by atoms with van der Waals surface area (Å²) in [5.41, 5.74) is 1.49. The highest BCUT2D eigenvalue weighted by Gasteiger charge is 2.16. The van der Waals surface area contributed by atoms with Gasteiger partial charge >= 0.3 is 0 Å². The van der Waals surface area contributed by atoms with Crippen LogP contribution < -0.4 is 14.8 Å². The maximum atomic E-state index is 12.7. The number of nitrogens with zero attached hydrogens (tertiary/aromatic N) is 1. The average Bonchev–Trinajstić information content (AvgIpc) is 2.74. The van der Waals surface area contributed by atoms with Gasteiger partial charge in [0.25, 0.3) is 15.9 Å². The number of ether oxygens (including phenoxy) is 1. The first-order chi connectivity index (χ1) is 14.4. The van der Waals surface area contributed by atoms with Crippen LogP contribution in [0.3, 0.4) is 0 Å². The van der Waals surface area contributed by atoms with Gasteiger partial charge in [0.05, 0.1) is 11.5 Å². The van der Waals surface area contributed by atoms with Crippen molar-refractivity contribution in [3.05, 3.63) is 82.5 Å². The monoisotopic (exact) mass is 489 g/mol. The van der Waals surface area contributed by atoms with Crippen LogP contribution >= 0.6 is 15.9 Å². The molecule has 9 heteroatoms. The summed E-state index contributed by atoms with van der Waals surface area (Å²) in [6.07, 6.45) is 1.60. The summed E-state index contributed by atoms with van der Waals surface area (Å²) < 4.78 is 34.0. The van der Waals surface area contributed by atoms with Crippen molar-refractivity contribution in [2.24, 2.45) is 0 Å². The lowest BCUT2D eigenvalue weighted by Gasteiger charge is -2.10. The minimum absolute atomic E-state index is 0.000567. The number of rotatable bonds is 8. The van der Waals surface area contributed by atoms with E-state index in [9.17, 15) is 13.2 Å². The van der Waals surface area contributed by atoms with Gasteiger partial charge < -0.3 is 10.1 Å². The quantitative estimate of drug-likeness (QED) is 0.498. The number of carbonyl (C=O) groups is 1. The van der Waals surface area contributed by atoms with Gasteiger partial charge in [-0.25, -0.2) is 13.4 Å². The number of hydrogen-bond acceptors (Lipinski definition) is 5. The van der Waals surface area contributed by atoms with Crippen LogP contribution in [0.2, 0.25) is 0 Å². The fourth-order valence-electron chi connectivity index (χ4n) is 2.61. The zero-order valence-electron chi connectivity index (χ0n) is 16.1. The van der Waals surface area contributed by atoms with Gasteiger partial charge in [-0.2, -0.15) is 0 Å². The molecule has 1 aromatic heterocycles. The molecule has 7 nitrogen and oxygen atoms in total. The van der Waals surface area contributed by atoms with Crippen molar-refractivity contribution in [3.63, 3.8) is 0 Å². The Bertz CT molecular complexity index is 1130. The Labute approximate surface area is 183 Å². The first-order valence-corrected chi connectivity index (χ1v) is 11.4. The molecule has 30 heavy (non-hydrogen) atoms. The van der Waals surface area contributed by atoms with Gasteiger partial charge in [-0.3, -0.25) is 9.52 Å². The number of pyridine rings is 1. The number of carbonyl (C=O) groups excluding carboxylic acids is 1. The van der Waals surface area contributed by atoms with E-state index in [1.54, 1.807) is 48.7 Å². The van der Waals surface area contributed by atoms with Crippen LogP contribution in [0.1, 0.15) is 22.8 Å². The van der Waals surface area contributed by atoms with E-state index >= 15 is 0 Å². The van der Waals surface area contributed by atoms with Crippen molar-refractivity contribution in [2.45, 2.75) is 18.4 Å². The Kier molecular flexibility index (Phi) is 7.07. The molecule has 0 aliphatic heterocycles. The molecule has 0 saturated heterocycles. The van der Waals surface area contributed by atoms with Crippen LogP contribution in [0.5, 0.6) is 5.88 Å². The smallest absolute Gasteiger partial charge is 0.261 e. The number of aromatic nitrogens is 1. The van der Waals surface area contributed by atoms with Crippen molar-refractivity contribution in [1.82, 2.24) is 10.3 Å². The van der Waals surface area contributed by atoms with Gasteiger partial charge in [0, 0.05) is 34.5 Å². The molecular formula is C21H20BrN3O4S. The van der Waals surface area contributed by atoms with Crippen LogP contribution in [0.4, 0.5) is 5.69 Å². The largest absolute Gasteiger partial charge is 0.478 e. The third-order valence-corrected chi connectivity index (χ3v) is 5.96. The Morgan fingerprint density at radius 2 is 1.87 bits per heavy atom. The highest BCUT2D eigenvalue weighted by molar-refractivity contribution is 9.10. The van der Waals surface area contributed by atoms with E-state index < -0.39 is 10.0 Å². The number of sulfonamides is 1. The second-order valence-electron chi connectivity index (χ2n) is 6.26. The van der Waals surface area contributed by atoms with Crippen LogP contribution in [-0.4, -0.2) is 25.9 Å². The van der Waals surface area contributed by atoms with Crippen LogP contribution in [0, 0.1) is 0 Å². The summed E-state index contributed by atoms with van der Waals surface area (Å²) in [5, 5.41) is 2.78. The number of nitrogens with one attached hydrogen (secondary N) is 2. The average molecular weight is 490 g/mol. The zero-order chi connectivity index (χ0) is 21.6. The summed E-state index contributed by atoms with van der Waals surface area (Å²) in [6, 6.07) is 16.1. The number of amides is 1. The Balaban J connectivity index is 1.70. The molecule has 0 radical (unpaired) electrons. The maximum absolute atomic E-state index is 12.7. The molecule has 2 N–H and O–H groups in total. The molecule has 0 aliphatic rings. The molecule has 3 aromatic rings. The minimum atomic E-state index is -3.83. The maximum Gasteiger partial charge on any atom is 0.261 e. The number of halogens is 1. The van der Waals surface area contributed by atoms with Crippen LogP contribution in [0.15, 0.2) is 76.2 Å². The van der Waals surface area contributed by atoms with Crippen molar-refractivity contribution < 1.29 is 17.9 Å². The number of anilines is 1. The van der Waals surface area contributed by atoms with Crippen LogP contribution in [-0.2, 0) is 16.6 Å². The first-order valence-electron chi connectivity index (χ1n) is 9.12. The summed E-state index contributed by atoms with van der Waals surface area (Å²) in [7, 11) is -3.83. The van der Waals surface area contributed by atoms with Crippen molar-refractivity contribution in [2.75, 3.05) is 11.3 Å². The highest BCUT2D eigenvalue weighted by Crippen LogP contribution is 2.19. The molecule has 0 spiro atoms. The fourth-order valence-corrected chi connectivity index (χ4v) is 3.98. The van der Waals surface area contributed by atoms with E-state index in [4.69, 9.17) is 4.74 Å². The molecule has 1 heterocycles. The van der Waals surface area contributed by atoms with Crippen molar-refractivity contribution >= 4 is 37.5 Å². The molecule has 2 aromatic carbocycles. The molecule has 3 rings (SSSR count). The number of benzene rings is 2. The van der Waals surface area contributed by atoms with E-state index in [0.717, 1.165) is 10.0 Å². The summed E-state index contributed by atoms with van der Waals surface area (Å²) >= 11 is 3.31. The van der Waals surface area contributed by atoms with E-state index in [2.05, 4.69) is 31.0 Å². The Morgan fingerprint density at radius 1 is 1.10 bits per heavy atom. The van der Waals surface area contributed by atoms with Gasteiger partial charge in [-0.05, 0) is 61.0 Å². The van der Waals surface area contributed by atoms with E-state index in [0.29, 0.717) is 18.2 Å². The molecule has 0 aliphatic carbocycles. The first kappa shape index (κ1) is 21.8. The predicted octanol–water partition coefficient (Wildman–Crippen LogP) is 3.97. The lowest BCUT2D eigenvalue weighted by molar-refractivity contribution is 0.0950. The molecular weight excluding hydrogens is 470 g/mol. The number of hydrogen-bond donors (Lipinski definition) is 2. The SMILES string of the molecule is CCOc1cc(CNC(=O)c2cccc(S(=O)(=O)Nc3ccc(Br)cc3)c2)ccn1. The highest BCUT2D eigenvalue weighted by atomic mass is 79.9. The summed E-state index contributed by atoms with van der Waals surface area (Å²) in [4.78, 5) is 16.6. The van der Waals surface area contributed by atoms with Crippen LogP contribution in [0.25, 0.3) is 0 Å². The van der Waals surface area contributed by atoms with Crippen molar-refractivity contribution in [3.8, 4) is 5.88 Å². The predicted molar refractivity (Wildman–Crippen MR) is 118 cm³/mol. The third-order valence-electron chi connectivity index (χ3n) is 4.05. The lowest BCUT2D eigenvalue weighted by atomic mass is 10.2. The fraction of sp³-hybridized carbons (Fsp3) is 0.143. The third kappa shape index (κ3) is 5.80. The standard InChI is InChI=1S/C21H20BrN3O4S/c1-2-29-20-12-15(10-11-23-20)14-24-21(26)16-4-3-5-19(13-16)30(27,28)25-18-8-6-17(22)7-9-18/h3-13,25H,2,14H2,1H3,(H,24,26). The topological polar surface area (TPSA) is 97.4 Å². The van der Waals surface area contributed by atoms with E-state index in [-0.39, 0.29) is 22.9 Å². The summed E-state index contributed by atoms with van der Waals surface area (Å²) in [6.45, 7) is 2.62. The van der Waals surface area contributed by atoms with Gasteiger partial charge in [0.1, 0.15) is 0 Å².